The average molecular weight is 264 g/mol. The summed E-state index contributed by atoms with van der Waals surface area (Å²) in [6, 6.07) is 3.59. The van der Waals surface area contributed by atoms with E-state index in [4.69, 9.17) is 10.5 Å². The van der Waals surface area contributed by atoms with E-state index in [1.165, 1.54) is 25.9 Å². The van der Waals surface area contributed by atoms with Crippen molar-refractivity contribution >= 4 is 11.5 Å². The van der Waals surface area contributed by atoms with Crippen LogP contribution >= 0.6 is 0 Å². The van der Waals surface area contributed by atoms with Gasteiger partial charge in [-0.25, -0.2) is 0 Å². The number of hydrogen-bond acceptors (Lipinski definition) is 5. The predicted molar refractivity (Wildman–Crippen MR) is 78.5 cm³/mol. The van der Waals surface area contributed by atoms with Crippen molar-refractivity contribution in [1.82, 2.24) is 9.88 Å². The van der Waals surface area contributed by atoms with Crippen molar-refractivity contribution < 1.29 is 4.74 Å². The lowest BCUT2D eigenvalue weighted by Gasteiger charge is -2.21. The van der Waals surface area contributed by atoms with E-state index in [1.807, 2.05) is 6.07 Å². The molecule has 0 radical (unpaired) electrons. The highest BCUT2D eigenvalue weighted by atomic mass is 16.5. The van der Waals surface area contributed by atoms with Gasteiger partial charge in [0.2, 0.25) is 5.88 Å². The van der Waals surface area contributed by atoms with Gasteiger partial charge in [0.25, 0.3) is 0 Å². The molecule has 1 aliphatic heterocycles. The van der Waals surface area contributed by atoms with Crippen LogP contribution in [0.25, 0.3) is 0 Å². The second kappa shape index (κ2) is 6.61. The lowest BCUT2D eigenvalue weighted by atomic mass is 10.1. The number of methoxy groups -OCH3 is 1. The van der Waals surface area contributed by atoms with Crippen LogP contribution in [-0.4, -0.2) is 43.2 Å². The molecule has 1 unspecified atom stereocenters. The van der Waals surface area contributed by atoms with Gasteiger partial charge in [0.1, 0.15) is 0 Å². The first-order valence-electron chi connectivity index (χ1n) is 6.96. The van der Waals surface area contributed by atoms with Crippen molar-refractivity contribution in [3.8, 4) is 5.88 Å². The van der Waals surface area contributed by atoms with Crippen molar-refractivity contribution in [2.45, 2.75) is 19.8 Å². The van der Waals surface area contributed by atoms with Crippen molar-refractivity contribution in [1.29, 1.82) is 0 Å². The molecule has 1 fully saturated rings. The minimum Gasteiger partial charge on any atom is -0.481 e. The van der Waals surface area contributed by atoms with Crippen molar-refractivity contribution in [2.75, 3.05) is 44.3 Å². The molecule has 5 nitrogen and oxygen atoms in total. The van der Waals surface area contributed by atoms with Gasteiger partial charge < -0.3 is 20.7 Å². The Morgan fingerprint density at radius 3 is 2.84 bits per heavy atom. The molecule has 2 heterocycles. The van der Waals surface area contributed by atoms with Gasteiger partial charge in [-0.05, 0) is 37.9 Å². The molecule has 0 bridgehead atoms. The molecule has 1 aromatic rings. The molecule has 106 valence electrons. The Morgan fingerprint density at radius 1 is 1.42 bits per heavy atom. The molecule has 0 spiro atoms. The number of nitrogens with two attached hydrogens (primary N) is 1. The Labute approximate surface area is 115 Å². The Kier molecular flexibility index (Phi) is 4.85. The molecule has 1 saturated heterocycles. The van der Waals surface area contributed by atoms with E-state index in [-0.39, 0.29) is 0 Å². The second-order valence-corrected chi connectivity index (χ2v) is 5.29. The minimum atomic E-state index is 0.575. The summed E-state index contributed by atoms with van der Waals surface area (Å²) in [5.74, 6) is 1.88. The van der Waals surface area contributed by atoms with E-state index in [0.717, 1.165) is 13.1 Å². The summed E-state index contributed by atoms with van der Waals surface area (Å²) in [4.78, 5) is 6.85. The highest BCUT2D eigenvalue weighted by Gasteiger charge is 2.14. The summed E-state index contributed by atoms with van der Waals surface area (Å²) < 4.78 is 5.11. The number of likely N-dealkylation sites (tertiary alicyclic amines) is 1. The largest absolute Gasteiger partial charge is 0.481 e. The monoisotopic (exact) mass is 264 g/mol. The molecule has 0 aromatic carbocycles. The fraction of sp³-hybridized carbons (Fsp3) is 0.643. The van der Waals surface area contributed by atoms with Gasteiger partial charge in [0, 0.05) is 19.2 Å². The molecule has 0 saturated carbocycles. The third-order valence-electron chi connectivity index (χ3n) is 3.50. The van der Waals surface area contributed by atoms with Crippen molar-refractivity contribution in [3.63, 3.8) is 0 Å². The van der Waals surface area contributed by atoms with Crippen molar-refractivity contribution in [2.24, 2.45) is 5.92 Å². The second-order valence-electron chi connectivity index (χ2n) is 5.29. The highest BCUT2D eigenvalue weighted by molar-refractivity contribution is 5.61. The summed E-state index contributed by atoms with van der Waals surface area (Å²) in [6.45, 7) is 6.74. The van der Waals surface area contributed by atoms with Gasteiger partial charge in [-0.2, -0.15) is 4.98 Å². The fourth-order valence-electron chi connectivity index (χ4n) is 2.45. The molecule has 2 rings (SSSR count). The molecular weight excluding hydrogens is 240 g/mol. The van der Waals surface area contributed by atoms with Crippen LogP contribution in [-0.2, 0) is 0 Å². The standard InChI is InChI=1S/C14H24N4O/c1-11(10-18-7-3-4-8-18)9-16-14-12(15)5-6-13(17-14)19-2/h5-6,11H,3-4,7-10,15H2,1-2H3,(H,16,17). The van der Waals surface area contributed by atoms with E-state index in [0.29, 0.717) is 23.3 Å². The fourth-order valence-corrected chi connectivity index (χ4v) is 2.45. The smallest absolute Gasteiger partial charge is 0.215 e. The number of nitrogens with one attached hydrogen (secondary N) is 1. The van der Waals surface area contributed by atoms with Crippen LogP contribution < -0.4 is 15.8 Å². The Bertz CT molecular complexity index is 404. The molecule has 5 heteroatoms. The van der Waals surface area contributed by atoms with Crippen LogP contribution in [0.2, 0.25) is 0 Å². The first-order valence-corrected chi connectivity index (χ1v) is 6.96. The lowest BCUT2D eigenvalue weighted by molar-refractivity contribution is 0.294. The highest BCUT2D eigenvalue weighted by Crippen LogP contribution is 2.20. The molecule has 1 aromatic heterocycles. The molecule has 1 aliphatic rings. The topological polar surface area (TPSA) is 63.4 Å². The van der Waals surface area contributed by atoms with E-state index in [2.05, 4.69) is 22.1 Å². The SMILES string of the molecule is COc1ccc(N)c(NCC(C)CN2CCCC2)n1. The molecule has 0 amide bonds. The summed E-state index contributed by atoms with van der Waals surface area (Å²) in [7, 11) is 1.61. The maximum absolute atomic E-state index is 5.90. The number of rotatable bonds is 6. The normalized spacial score (nSPS) is 17.4. The third kappa shape index (κ3) is 3.99. The predicted octanol–water partition coefficient (Wildman–Crippen LogP) is 1.82. The molecular formula is C14H24N4O. The number of anilines is 2. The molecule has 19 heavy (non-hydrogen) atoms. The zero-order valence-electron chi connectivity index (χ0n) is 11.9. The Balaban J connectivity index is 1.83. The van der Waals surface area contributed by atoms with Gasteiger partial charge in [0.05, 0.1) is 12.8 Å². The van der Waals surface area contributed by atoms with Crippen LogP contribution in [0.4, 0.5) is 11.5 Å². The van der Waals surface area contributed by atoms with E-state index in [1.54, 1.807) is 13.2 Å². The maximum Gasteiger partial charge on any atom is 0.215 e. The number of nitrogens with zero attached hydrogens (tertiary/aromatic N) is 2. The van der Waals surface area contributed by atoms with Gasteiger partial charge in [0.15, 0.2) is 5.82 Å². The minimum absolute atomic E-state index is 0.575. The first-order chi connectivity index (χ1) is 9.19. The van der Waals surface area contributed by atoms with Gasteiger partial charge in [-0.15, -0.1) is 0 Å². The quantitative estimate of drug-likeness (QED) is 0.820. The summed E-state index contributed by atoms with van der Waals surface area (Å²) in [5.41, 5.74) is 6.56. The summed E-state index contributed by atoms with van der Waals surface area (Å²) >= 11 is 0. The Morgan fingerprint density at radius 2 is 2.16 bits per heavy atom. The molecule has 3 N–H and O–H groups in total. The molecule has 0 aliphatic carbocycles. The summed E-state index contributed by atoms with van der Waals surface area (Å²) in [5, 5.41) is 3.32. The number of aromatic nitrogens is 1. The third-order valence-corrected chi connectivity index (χ3v) is 3.50. The number of ether oxygens (including phenoxy) is 1. The zero-order valence-corrected chi connectivity index (χ0v) is 11.9. The van der Waals surface area contributed by atoms with E-state index in [9.17, 15) is 0 Å². The average Bonchev–Trinajstić information content (AvgIpc) is 2.90. The zero-order chi connectivity index (χ0) is 13.7. The molecule has 1 atom stereocenters. The van der Waals surface area contributed by atoms with Gasteiger partial charge in [-0.3, -0.25) is 0 Å². The van der Waals surface area contributed by atoms with Gasteiger partial charge in [-0.1, -0.05) is 6.92 Å². The van der Waals surface area contributed by atoms with Crippen molar-refractivity contribution in [3.05, 3.63) is 12.1 Å². The summed E-state index contributed by atoms with van der Waals surface area (Å²) in [6.07, 6.45) is 2.68. The Hall–Kier alpha value is -1.49. The number of hydrogen-bond donors (Lipinski definition) is 2. The van der Waals surface area contributed by atoms with E-state index < -0.39 is 0 Å². The number of nitrogen functional groups attached to an aromatic ring is 1. The van der Waals surface area contributed by atoms with Gasteiger partial charge >= 0.3 is 0 Å². The van der Waals surface area contributed by atoms with E-state index >= 15 is 0 Å². The lowest BCUT2D eigenvalue weighted by Crippen LogP contribution is -2.29. The first kappa shape index (κ1) is 13.9. The van der Waals surface area contributed by atoms with Crippen LogP contribution in [0.1, 0.15) is 19.8 Å². The van der Waals surface area contributed by atoms with Crippen LogP contribution in [0.5, 0.6) is 5.88 Å². The van der Waals surface area contributed by atoms with Crippen LogP contribution in [0.3, 0.4) is 0 Å². The van der Waals surface area contributed by atoms with Crippen LogP contribution in [0, 0.1) is 5.92 Å². The number of pyridine rings is 1. The van der Waals surface area contributed by atoms with Crippen LogP contribution in [0.15, 0.2) is 12.1 Å². The maximum atomic E-state index is 5.90.